The monoisotopic (exact) mass is 491 g/mol. The lowest BCUT2D eigenvalue weighted by molar-refractivity contribution is 0.0677. The highest BCUT2D eigenvalue weighted by Crippen LogP contribution is 2.38. The molecule has 2 N–H and O–H groups in total. The van der Waals surface area contributed by atoms with Crippen molar-refractivity contribution in [2.45, 2.75) is 38.0 Å². The van der Waals surface area contributed by atoms with Crippen LogP contribution in [0.4, 0.5) is 0 Å². The van der Waals surface area contributed by atoms with Crippen molar-refractivity contribution in [2.24, 2.45) is 5.92 Å². The number of aryl methyl sites for hydroxylation is 2. The fourth-order valence-electron chi connectivity index (χ4n) is 5.21. The van der Waals surface area contributed by atoms with Gasteiger partial charge in [0.2, 0.25) is 0 Å². The molecule has 1 aliphatic rings. The molecule has 0 aliphatic carbocycles. The molecule has 7 nitrogen and oxygen atoms in total. The Bertz CT molecular complexity index is 1510. The first-order chi connectivity index (χ1) is 16.9. The largest absolute Gasteiger partial charge is 0.396 e. The van der Waals surface area contributed by atoms with Gasteiger partial charge in [0.05, 0.1) is 10.4 Å². The zero-order chi connectivity index (χ0) is 24.7. The van der Waals surface area contributed by atoms with Gasteiger partial charge >= 0.3 is 0 Å². The van der Waals surface area contributed by atoms with Crippen LogP contribution in [0.25, 0.3) is 33.1 Å². The number of likely N-dealkylation sites (tertiary alicyclic amines) is 1. The van der Waals surface area contributed by atoms with Gasteiger partial charge in [-0.05, 0) is 85.5 Å². The highest BCUT2D eigenvalue weighted by Gasteiger charge is 2.27. The summed E-state index contributed by atoms with van der Waals surface area (Å²) in [6.07, 6.45) is 4.35. The van der Waals surface area contributed by atoms with Gasteiger partial charge in [0.15, 0.2) is 10.7 Å². The van der Waals surface area contributed by atoms with Crippen LogP contribution in [0.3, 0.4) is 0 Å². The highest BCUT2D eigenvalue weighted by atomic mass is 32.2. The molecule has 1 saturated heterocycles. The highest BCUT2D eigenvalue weighted by molar-refractivity contribution is 7.72. The summed E-state index contributed by atoms with van der Waals surface area (Å²) in [5.41, 5.74) is 5.60. The van der Waals surface area contributed by atoms with Gasteiger partial charge in [0, 0.05) is 42.2 Å². The summed E-state index contributed by atoms with van der Waals surface area (Å²) in [6, 6.07) is 10.8. The quantitative estimate of drug-likeness (QED) is 0.363. The molecule has 1 amide bonds. The number of aliphatic hydroxyl groups is 1. The third-order valence-electron chi connectivity index (χ3n) is 7.16. The van der Waals surface area contributed by atoms with E-state index in [1.165, 1.54) is 0 Å². The Balaban J connectivity index is 1.69. The molecule has 4 aromatic rings. The predicted molar refractivity (Wildman–Crippen MR) is 137 cm³/mol. The van der Waals surface area contributed by atoms with Crippen molar-refractivity contribution in [3.63, 3.8) is 0 Å². The third kappa shape index (κ3) is 4.32. The molecule has 0 saturated carbocycles. The van der Waals surface area contributed by atoms with Gasteiger partial charge in [-0.25, -0.2) is 13.4 Å². The van der Waals surface area contributed by atoms with Gasteiger partial charge in [-0.2, -0.15) is 0 Å². The molecule has 0 atom stereocenters. The SMILES string of the molecule is Cc1cnc2[nH]c3c(C)c(C(=O)N4CCC(CCO)CC4)cc(-c4cccc([SH](=O)=O)c4)c3c2c1. The molecule has 1 fully saturated rings. The molecule has 3 heterocycles. The Hall–Kier alpha value is -3.23. The van der Waals surface area contributed by atoms with Crippen LogP contribution in [0.15, 0.2) is 47.5 Å². The Morgan fingerprint density at radius 2 is 1.94 bits per heavy atom. The normalized spacial score (nSPS) is 14.9. The maximum atomic E-state index is 13.7. The first-order valence-electron chi connectivity index (χ1n) is 11.9. The zero-order valence-corrected chi connectivity index (χ0v) is 20.8. The van der Waals surface area contributed by atoms with Crippen LogP contribution in [0.2, 0.25) is 0 Å². The average Bonchev–Trinajstić information content (AvgIpc) is 3.24. The van der Waals surface area contributed by atoms with Crippen LogP contribution >= 0.6 is 0 Å². The van der Waals surface area contributed by atoms with Gasteiger partial charge in [0.1, 0.15) is 5.65 Å². The standard InChI is InChI=1S/C27H29N3O4S/c1-16-12-23-24-22(19-4-3-5-20(13-19)35(33)34)14-21(17(2)25(24)29-26(23)28-15-16)27(32)30-9-6-18(7-10-30)8-11-31/h3-5,12-15,18,31,35H,6-11H2,1-2H3,(H,28,29). The summed E-state index contributed by atoms with van der Waals surface area (Å²) in [6.45, 7) is 5.44. The van der Waals surface area contributed by atoms with Gasteiger partial charge in [0.25, 0.3) is 5.91 Å². The van der Waals surface area contributed by atoms with Gasteiger partial charge in [-0.15, -0.1) is 0 Å². The molecule has 0 bridgehead atoms. The number of benzene rings is 2. The molecule has 2 aromatic carbocycles. The Labute approximate surface area is 205 Å². The number of carbonyl (C=O) groups is 1. The number of aromatic nitrogens is 2. The van der Waals surface area contributed by atoms with Crippen molar-refractivity contribution in [1.82, 2.24) is 14.9 Å². The predicted octanol–water partition coefficient (Wildman–Crippen LogP) is 4.20. The molecule has 0 radical (unpaired) electrons. The summed E-state index contributed by atoms with van der Waals surface area (Å²) in [5, 5.41) is 11.1. The van der Waals surface area contributed by atoms with E-state index < -0.39 is 10.7 Å². The van der Waals surface area contributed by atoms with E-state index in [1.807, 2.05) is 30.9 Å². The van der Waals surface area contributed by atoms with Crippen molar-refractivity contribution in [3.05, 3.63) is 59.3 Å². The number of hydrogen-bond acceptors (Lipinski definition) is 5. The summed E-state index contributed by atoms with van der Waals surface area (Å²) < 4.78 is 23.4. The molecule has 1 aliphatic heterocycles. The fraction of sp³-hybridized carbons (Fsp3) is 0.333. The minimum atomic E-state index is -2.73. The lowest BCUT2D eigenvalue weighted by atomic mass is 9.91. The van der Waals surface area contributed by atoms with Gasteiger partial charge < -0.3 is 15.0 Å². The van der Waals surface area contributed by atoms with Gasteiger partial charge in [-0.1, -0.05) is 12.1 Å². The maximum Gasteiger partial charge on any atom is 0.254 e. The average molecular weight is 492 g/mol. The first-order valence-corrected chi connectivity index (χ1v) is 13.1. The number of fused-ring (bicyclic) bond motifs is 3. The molecule has 8 heteroatoms. The Morgan fingerprint density at radius 3 is 2.66 bits per heavy atom. The number of aromatic amines is 1. The summed E-state index contributed by atoms with van der Waals surface area (Å²) in [7, 11) is -2.73. The second-order valence-corrected chi connectivity index (χ2v) is 10.5. The van der Waals surface area contributed by atoms with E-state index in [2.05, 4.69) is 16.0 Å². The van der Waals surface area contributed by atoms with E-state index in [0.29, 0.717) is 24.6 Å². The smallest absolute Gasteiger partial charge is 0.254 e. The van der Waals surface area contributed by atoms with E-state index in [0.717, 1.165) is 63.5 Å². The molecular weight excluding hydrogens is 462 g/mol. The zero-order valence-electron chi connectivity index (χ0n) is 19.9. The number of thiol groups is 1. The number of aliphatic hydroxyl groups excluding tert-OH is 1. The topological polar surface area (TPSA) is 103 Å². The van der Waals surface area contributed by atoms with Crippen LogP contribution < -0.4 is 0 Å². The minimum Gasteiger partial charge on any atom is -0.396 e. The Kier molecular flexibility index (Phi) is 6.34. The lowest BCUT2D eigenvalue weighted by Gasteiger charge is -2.32. The fourth-order valence-corrected chi connectivity index (χ4v) is 5.66. The van der Waals surface area contributed by atoms with Crippen LogP contribution in [0.1, 0.15) is 40.7 Å². The van der Waals surface area contributed by atoms with E-state index in [9.17, 15) is 18.3 Å². The van der Waals surface area contributed by atoms with Crippen LogP contribution in [-0.2, 0) is 10.7 Å². The van der Waals surface area contributed by atoms with Crippen LogP contribution in [0.5, 0.6) is 0 Å². The van der Waals surface area contributed by atoms with Crippen molar-refractivity contribution < 1.29 is 18.3 Å². The van der Waals surface area contributed by atoms with E-state index in [-0.39, 0.29) is 17.4 Å². The summed E-state index contributed by atoms with van der Waals surface area (Å²) in [5.74, 6) is 0.421. The lowest BCUT2D eigenvalue weighted by Crippen LogP contribution is -2.39. The summed E-state index contributed by atoms with van der Waals surface area (Å²) >= 11 is 0. The van der Waals surface area contributed by atoms with E-state index in [4.69, 9.17) is 0 Å². The van der Waals surface area contributed by atoms with Crippen molar-refractivity contribution >= 4 is 38.5 Å². The number of pyridine rings is 1. The first kappa shape index (κ1) is 23.5. The van der Waals surface area contributed by atoms with Gasteiger partial charge in [-0.3, -0.25) is 4.79 Å². The van der Waals surface area contributed by atoms with Crippen molar-refractivity contribution in [2.75, 3.05) is 19.7 Å². The second-order valence-electron chi connectivity index (χ2n) is 9.44. The van der Waals surface area contributed by atoms with E-state index in [1.54, 1.807) is 24.4 Å². The Morgan fingerprint density at radius 1 is 1.17 bits per heavy atom. The van der Waals surface area contributed by atoms with Crippen LogP contribution in [0, 0.1) is 19.8 Å². The molecular formula is C27H29N3O4S. The molecule has 0 spiro atoms. The molecule has 35 heavy (non-hydrogen) atoms. The van der Waals surface area contributed by atoms with E-state index >= 15 is 0 Å². The van der Waals surface area contributed by atoms with Crippen molar-refractivity contribution in [1.29, 1.82) is 0 Å². The summed E-state index contributed by atoms with van der Waals surface area (Å²) in [4.78, 5) is 23.8. The number of nitrogens with one attached hydrogen (secondary N) is 1. The third-order valence-corrected chi connectivity index (χ3v) is 7.86. The number of piperidine rings is 1. The van der Waals surface area contributed by atoms with Crippen LogP contribution in [-0.4, -0.2) is 54.0 Å². The van der Waals surface area contributed by atoms with Crippen molar-refractivity contribution in [3.8, 4) is 11.1 Å². The number of hydrogen-bond donors (Lipinski definition) is 3. The second kappa shape index (κ2) is 9.43. The molecule has 5 rings (SSSR count). The number of H-pyrrole nitrogens is 1. The maximum absolute atomic E-state index is 13.7. The molecule has 182 valence electrons. The number of nitrogens with zero attached hydrogens (tertiary/aromatic N) is 2. The molecule has 0 unspecified atom stereocenters. The number of rotatable bonds is 5. The molecule has 2 aromatic heterocycles. The minimum absolute atomic E-state index is 0.0260. The number of amides is 1. The number of carbonyl (C=O) groups excluding carboxylic acids is 1.